The van der Waals surface area contributed by atoms with Crippen LogP contribution in [0.1, 0.15) is 29.1 Å². The summed E-state index contributed by atoms with van der Waals surface area (Å²) in [5, 5.41) is 4.11. The minimum Gasteiger partial charge on any atom is -0.381 e. The molecule has 1 unspecified atom stereocenters. The lowest BCUT2D eigenvalue weighted by Crippen LogP contribution is -2.29. The van der Waals surface area contributed by atoms with Crippen LogP contribution in [0.3, 0.4) is 0 Å². The lowest BCUT2D eigenvalue weighted by atomic mass is 10.0. The summed E-state index contributed by atoms with van der Waals surface area (Å²) >= 11 is 1.59. The first-order valence-corrected chi connectivity index (χ1v) is 8.24. The molecule has 0 aliphatic carbocycles. The third-order valence-corrected chi connectivity index (χ3v) is 5.17. The van der Waals surface area contributed by atoms with Crippen LogP contribution in [0.4, 0.5) is 0 Å². The van der Waals surface area contributed by atoms with Gasteiger partial charge in [-0.25, -0.2) is 4.98 Å². The number of ether oxygens (including phenoxy) is 1. The highest BCUT2D eigenvalue weighted by molar-refractivity contribution is 7.18. The molecule has 1 aliphatic rings. The largest absolute Gasteiger partial charge is 0.381 e. The monoisotopic (exact) mass is 307 g/mol. The zero-order valence-electron chi connectivity index (χ0n) is 12.5. The second-order valence-electron chi connectivity index (χ2n) is 5.69. The average molecular weight is 307 g/mol. The van der Waals surface area contributed by atoms with Crippen LogP contribution in [0.25, 0.3) is 10.2 Å². The van der Waals surface area contributed by atoms with Crippen molar-refractivity contribution in [3.8, 4) is 0 Å². The molecule has 2 aromatic heterocycles. The molecule has 3 rings (SSSR count). The van der Waals surface area contributed by atoms with Crippen molar-refractivity contribution in [2.75, 3.05) is 19.8 Å². The molecular weight excluding hydrogens is 286 g/mol. The lowest BCUT2D eigenvalue weighted by molar-refractivity contribution is 0.0547. The van der Waals surface area contributed by atoms with E-state index in [-0.39, 0.29) is 5.56 Å². The van der Waals surface area contributed by atoms with Crippen LogP contribution < -0.4 is 10.9 Å². The first-order valence-electron chi connectivity index (χ1n) is 7.42. The molecule has 6 heteroatoms. The molecule has 0 saturated carbocycles. The highest BCUT2D eigenvalue weighted by Gasteiger charge is 2.14. The fourth-order valence-corrected chi connectivity index (χ4v) is 3.79. The summed E-state index contributed by atoms with van der Waals surface area (Å²) in [5.74, 6) is 1.28. The summed E-state index contributed by atoms with van der Waals surface area (Å²) in [7, 11) is 0. The predicted molar refractivity (Wildman–Crippen MR) is 85.0 cm³/mol. The van der Waals surface area contributed by atoms with Gasteiger partial charge in [0.05, 0.1) is 18.5 Å². The number of thiophene rings is 1. The van der Waals surface area contributed by atoms with Gasteiger partial charge >= 0.3 is 0 Å². The highest BCUT2D eigenvalue weighted by Crippen LogP contribution is 2.25. The van der Waals surface area contributed by atoms with E-state index in [1.165, 1.54) is 6.42 Å². The number of H-pyrrole nitrogens is 1. The maximum absolute atomic E-state index is 12.2. The van der Waals surface area contributed by atoms with Gasteiger partial charge in [-0.2, -0.15) is 0 Å². The number of fused-ring (bicyclic) bond motifs is 1. The van der Waals surface area contributed by atoms with Crippen molar-refractivity contribution in [3.63, 3.8) is 0 Å². The SMILES string of the molecule is Cc1sc2nc(CNCC3CCCOC3)[nH]c(=O)c2c1C. The van der Waals surface area contributed by atoms with Gasteiger partial charge < -0.3 is 15.0 Å². The first kappa shape index (κ1) is 14.7. The summed E-state index contributed by atoms with van der Waals surface area (Å²) in [6, 6.07) is 0. The number of nitrogens with one attached hydrogen (secondary N) is 2. The van der Waals surface area contributed by atoms with Gasteiger partial charge in [-0.05, 0) is 38.2 Å². The van der Waals surface area contributed by atoms with E-state index >= 15 is 0 Å². The minimum atomic E-state index is -0.0281. The van der Waals surface area contributed by atoms with Crippen LogP contribution >= 0.6 is 11.3 Å². The summed E-state index contributed by atoms with van der Waals surface area (Å²) in [6.45, 7) is 7.23. The smallest absolute Gasteiger partial charge is 0.259 e. The zero-order chi connectivity index (χ0) is 14.8. The summed E-state index contributed by atoms with van der Waals surface area (Å²) in [5.41, 5.74) is 1.02. The Morgan fingerprint density at radius 3 is 3.10 bits per heavy atom. The Kier molecular flexibility index (Phi) is 4.37. The Labute approximate surface area is 127 Å². The number of aromatic amines is 1. The van der Waals surface area contributed by atoms with Crippen molar-refractivity contribution in [2.45, 2.75) is 33.2 Å². The van der Waals surface area contributed by atoms with Crippen LogP contribution in [-0.2, 0) is 11.3 Å². The van der Waals surface area contributed by atoms with Crippen LogP contribution in [0.15, 0.2) is 4.79 Å². The molecule has 1 aliphatic heterocycles. The molecule has 21 heavy (non-hydrogen) atoms. The molecule has 0 bridgehead atoms. The van der Waals surface area contributed by atoms with E-state index in [4.69, 9.17) is 4.74 Å². The lowest BCUT2D eigenvalue weighted by Gasteiger charge is -2.22. The molecule has 0 radical (unpaired) electrons. The van der Waals surface area contributed by atoms with E-state index in [2.05, 4.69) is 15.3 Å². The maximum Gasteiger partial charge on any atom is 0.259 e. The molecule has 0 amide bonds. The molecule has 1 atom stereocenters. The Morgan fingerprint density at radius 1 is 1.48 bits per heavy atom. The van der Waals surface area contributed by atoms with Crippen LogP contribution in [0.5, 0.6) is 0 Å². The van der Waals surface area contributed by atoms with Gasteiger partial charge in [0, 0.05) is 18.0 Å². The molecule has 1 fully saturated rings. The molecule has 2 N–H and O–H groups in total. The number of hydrogen-bond donors (Lipinski definition) is 2. The third kappa shape index (κ3) is 3.17. The third-order valence-electron chi connectivity index (χ3n) is 4.07. The highest BCUT2D eigenvalue weighted by atomic mass is 32.1. The van der Waals surface area contributed by atoms with Crippen molar-refractivity contribution in [1.82, 2.24) is 15.3 Å². The van der Waals surface area contributed by atoms with Crippen molar-refractivity contribution in [1.29, 1.82) is 0 Å². The molecule has 5 nitrogen and oxygen atoms in total. The van der Waals surface area contributed by atoms with E-state index in [0.29, 0.717) is 18.3 Å². The van der Waals surface area contributed by atoms with Gasteiger partial charge in [0.2, 0.25) is 0 Å². The van der Waals surface area contributed by atoms with Gasteiger partial charge in [0.1, 0.15) is 10.7 Å². The van der Waals surface area contributed by atoms with E-state index in [1.54, 1.807) is 11.3 Å². The Morgan fingerprint density at radius 2 is 2.33 bits per heavy atom. The fraction of sp³-hybridized carbons (Fsp3) is 0.600. The van der Waals surface area contributed by atoms with Gasteiger partial charge in [0.25, 0.3) is 5.56 Å². The number of aromatic nitrogens is 2. The predicted octanol–water partition coefficient (Wildman–Crippen LogP) is 2.12. The summed E-state index contributed by atoms with van der Waals surface area (Å²) < 4.78 is 5.47. The van der Waals surface area contributed by atoms with Gasteiger partial charge in [-0.1, -0.05) is 0 Å². The number of hydrogen-bond acceptors (Lipinski definition) is 5. The zero-order valence-corrected chi connectivity index (χ0v) is 13.3. The van der Waals surface area contributed by atoms with Crippen LogP contribution in [-0.4, -0.2) is 29.7 Å². The molecule has 3 heterocycles. The van der Waals surface area contributed by atoms with E-state index in [9.17, 15) is 4.79 Å². The van der Waals surface area contributed by atoms with Gasteiger partial charge in [-0.15, -0.1) is 11.3 Å². The van der Waals surface area contributed by atoms with Crippen molar-refractivity contribution in [3.05, 3.63) is 26.6 Å². The average Bonchev–Trinajstić information content (AvgIpc) is 2.75. The molecule has 0 aromatic carbocycles. The van der Waals surface area contributed by atoms with Crippen molar-refractivity contribution in [2.24, 2.45) is 5.92 Å². The van der Waals surface area contributed by atoms with E-state index in [0.717, 1.165) is 46.8 Å². The number of rotatable bonds is 4. The minimum absolute atomic E-state index is 0.0281. The molecular formula is C15H21N3O2S. The number of nitrogens with zero attached hydrogens (tertiary/aromatic N) is 1. The summed E-state index contributed by atoms with van der Waals surface area (Å²) in [4.78, 5) is 21.6. The number of aryl methyl sites for hydroxylation is 2. The molecule has 2 aromatic rings. The Balaban J connectivity index is 1.68. The van der Waals surface area contributed by atoms with Crippen LogP contribution in [0.2, 0.25) is 0 Å². The topological polar surface area (TPSA) is 67.0 Å². The fourth-order valence-electron chi connectivity index (χ4n) is 2.75. The molecule has 114 valence electrons. The molecule has 1 saturated heterocycles. The van der Waals surface area contributed by atoms with Gasteiger partial charge in [-0.3, -0.25) is 4.79 Å². The van der Waals surface area contributed by atoms with E-state index < -0.39 is 0 Å². The standard InChI is InChI=1S/C15H21N3O2S/c1-9-10(2)21-15-13(9)14(19)17-12(18-15)7-16-6-11-4-3-5-20-8-11/h11,16H,3-8H2,1-2H3,(H,17,18,19). The van der Waals surface area contributed by atoms with E-state index in [1.807, 2.05) is 13.8 Å². The second-order valence-corrected chi connectivity index (χ2v) is 6.89. The summed E-state index contributed by atoms with van der Waals surface area (Å²) in [6.07, 6.45) is 2.35. The Hall–Kier alpha value is -1.24. The van der Waals surface area contributed by atoms with Crippen molar-refractivity contribution < 1.29 is 4.74 Å². The van der Waals surface area contributed by atoms with Crippen LogP contribution in [0, 0.1) is 19.8 Å². The first-order chi connectivity index (χ1) is 10.1. The second kappa shape index (κ2) is 6.25. The Bertz CT molecular complexity index is 686. The normalized spacial score (nSPS) is 19.2. The quantitative estimate of drug-likeness (QED) is 0.908. The maximum atomic E-state index is 12.2. The van der Waals surface area contributed by atoms with Gasteiger partial charge in [0.15, 0.2) is 0 Å². The molecule has 0 spiro atoms. The van der Waals surface area contributed by atoms with Crippen molar-refractivity contribution >= 4 is 21.6 Å².